The predicted molar refractivity (Wildman–Crippen MR) is 101 cm³/mol. The highest BCUT2D eigenvalue weighted by Crippen LogP contribution is 2.29. The Morgan fingerprint density at radius 1 is 1.15 bits per heavy atom. The van der Waals surface area contributed by atoms with Crippen molar-refractivity contribution >= 4 is 11.9 Å². The van der Waals surface area contributed by atoms with Crippen LogP contribution >= 0.6 is 0 Å². The quantitative estimate of drug-likeness (QED) is 0.635. The van der Waals surface area contributed by atoms with E-state index in [1.807, 2.05) is 35.0 Å². The van der Waals surface area contributed by atoms with Crippen LogP contribution in [0, 0.1) is 5.82 Å². The molecule has 1 heterocycles. The molecule has 1 aromatic heterocycles. The Hall–Kier alpha value is -3.21. The molecule has 0 bridgehead atoms. The fourth-order valence-electron chi connectivity index (χ4n) is 3.23. The van der Waals surface area contributed by atoms with Crippen LogP contribution in [-0.4, -0.2) is 21.9 Å². The summed E-state index contributed by atoms with van der Waals surface area (Å²) >= 11 is 0. The third-order valence-corrected chi connectivity index (χ3v) is 4.66. The lowest BCUT2D eigenvalue weighted by Gasteiger charge is -2.19. The molecule has 0 aliphatic heterocycles. The third-order valence-electron chi connectivity index (χ3n) is 4.66. The van der Waals surface area contributed by atoms with Gasteiger partial charge in [0.25, 0.3) is 0 Å². The Morgan fingerprint density at radius 2 is 2.00 bits per heavy atom. The van der Waals surface area contributed by atoms with E-state index in [9.17, 15) is 9.18 Å². The number of carbonyl (C=O) groups excluding carboxylic acids is 1. The maximum Gasteiger partial charge on any atom is 0.189 e. The SMILES string of the molecule is O=C1C(=Cc2ccc(F)cc2)CCc2cc(OCCn3ccnc3)ccc21. The molecule has 1 aliphatic carbocycles. The van der Waals surface area contributed by atoms with Crippen molar-refractivity contribution in [1.29, 1.82) is 0 Å². The number of benzene rings is 2. The Balaban J connectivity index is 1.46. The maximum absolute atomic E-state index is 13.0. The molecular weight excluding hydrogens is 343 g/mol. The molecule has 0 atom stereocenters. The van der Waals surface area contributed by atoms with Gasteiger partial charge in [-0.3, -0.25) is 4.79 Å². The highest BCUT2D eigenvalue weighted by molar-refractivity contribution is 6.13. The first-order chi connectivity index (χ1) is 13.2. The van der Waals surface area contributed by atoms with Gasteiger partial charge in [-0.1, -0.05) is 12.1 Å². The number of halogens is 1. The van der Waals surface area contributed by atoms with Crippen molar-refractivity contribution in [3.8, 4) is 5.75 Å². The van der Waals surface area contributed by atoms with Crippen LogP contribution < -0.4 is 4.74 Å². The monoisotopic (exact) mass is 362 g/mol. The van der Waals surface area contributed by atoms with Gasteiger partial charge in [0.05, 0.1) is 12.9 Å². The van der Waals surface area contributed by atoms with Gasteiger partial charge in [0.1, 0.15) is 18.2 Å². The largest absolute Gasteiger partial charge is 0.492 e. The number of imidazole rings is 1. The van der Waals surface area contributed by atoms with Crippen LogP contribution in [0.15, 0.2) is 66.8 Å². The van der Waals surface area contributed by atoms with Gasteiger partial charge in [0, 0.05) is 23.5 Å². The summed E-state index contributed by atoms with van der Waals surface area (Å²) in [7, 11) is 0. The molecule has 0 amide bonds. The number of aromatic nitrogens is 2. The lowest BCUT2D eigenvalue weighted by molar-refractivity contribution is 0.102. The molecule has 4 nitrogen and oxygen atoms in total. The number of nitrogens with zero attached hydrogens (tertiary/aromatic N) is 2. The first kappa shape index (κ1) is 17.2. The minimum atomic E-state index is -0.280. The molecule has 5 heteroatoms. The molecule has 0 saturated heterocycles. The highest BCUT2D eigenvalue weighted by Gasteiger charge is 2.22. The number of hydrogen-bond donors (Lipinski definition) is 0. The number of ether oxygens (including phenoxy) is 1. The molecule has 136 valence electrons. The second-order valence-electron chi connectivity index (χ2n) is 6.52. The van der Waals surface area contributed by atoms with Gasteiger partial charge in [0.15, 0.2) is 5.78 Å². The highest BCUT2D eigenvalue weighted by atomic mass is 19.1. The zero-order valence-corrected chi connectivity index (χ0v) is 14.8. The number of Topliss-reactive ketones (excluding diaryl/α,β-unsaturated/α-hetero) is 1. The lowest BCUT2D eigenvalue weighted by Crippen LogP contribution is -2.14. The van der Waals surface area contributed by atoms with Crippen LogP contribution in [0.2, 0.25) is 0 Å². The molecule has 0 radical (unpaired) electrons. The number of allylic oxidation sites excluding steroid dienone is 1. The number of ketones is 1. The van der Waals surface area contributed by atoms with E-state index in [0.717, 1.165) is 41.0 Å². The van der Waals surface area contributed by atoms with Crippen molar-refractivity contribution in [2.24, 2.45) is 0 Å². The average Bonchev–Trinajstić information content (AvgIpc) is 3.19. The summed E-state index contributed by atoms with van der Waals surface area (Å²) in [5.41, 5.74) is 3.32. The van der Waals surface area contributed by atoms with Crippen LogP contribution in [0.5, 0.6) is 5.75 Å². The molecule has 0 saturated carbocycles. The summed E-state index contributed by atoms with van der Waals surface area (Å²) in [6.45, 7) is 1.26. The molecule has 0 spiro atoms. The Kier molecular flexibility index (Phi) is 4.83. The van der Waals surface area contributed by atoms with Crippen LogP contribution in [0.25, 0.3) is 6.08 Å². The summed E-state index contributed by atoms with van der Waals surface area (Å²) in [6.07, 6.45) is 8.68. The zero-order valence-electron chi connectivity index (χ0n) is 14.8. The predicted octanol–water partition coefficient (Wildman–Crippen LogP) is 4.31. The third kappa shape index (κ3) is 3.97. The standard InChI is InChI=1S/C22H19FN2O2/c23-19-5-1-16(2-6-19)13-18-4-3-17-14-20(7-8-21(17)22(18)26)27-12-11-25-10-9-24-15-25/h1-2,5-10,13-15H,3-4,11-12H2. The van der Waals surface area contributed by atoms with Crippen molar-refractivity contribution in [2.45, 2.75) is 19.4 Å². The zero-order chi connectivity index (χ0) is 18.6. The van der Waals surface area contributed by atoms with E-state index >= 15 is 0 Å². The molecule has 2 aromatic carbocycles. The Morgan fingerprint density at radius 3 is 2.78 bits per heavy atom. The molecule has 3 aromatic rings. The number of carbonyl (C=O) groups is 1. The Labute approximate surface area is 156 Å². The van der Waals surface area contributed by atoms with E-state index in [2.05, 4.69) is 4.98 Å². The first-order valence-electron chi connectivity index (χ1n) is 8.91. The molecular formula is C22H19FN2O2. The molecule has 0 N–H and O–H groups in total. The fraction of sp³-hybridized carbons (Fsp3) is 0.182. The normalized spacial score (nSPS) is 15.0. The molecule has 0 unspecified atom stereocenters. The minimum absolute atomic E-state index is 0.0329. The molecule has 4 rings (SSSR count). The summed E-state index contributed by atoms with van der Waals surface area (Å²) in [5.74, 6) is 0.524. The van der Waals surface area contributed by atoms with Gasteiger partial charge in [-0.05, 0) is 60.4 Å². The van der Waals surface area contributed by atoms with E-state index in [0.29, 0.717) is 13.0 Å². The minimum Gasteiger partial charge on any atom is -0.492 e. The number of fused-ring (bicyclic) bond motifs is 1. The Bertz CT molecular complexity index is 976. The van der Waals surface area contributed by atoms with Crippen LogP contribution in [0.3, 0.4) is 0 Å². The number of aryl methyl sites for hydroxylation is 1. The van der Waals surface area contributed by atoms with E-state index in [1.165, 1.54) is 12.1 Å². The van der Waals surface area contributed by atoms with Gasteiger partial charge < -0.3 is 9.30 Å². The molecule has 27 heavy (non-hydrogen) atoms. The summed E-state index contributed by atoms with van der Waals surface area (Å²) in [4.78, 5) is 16.8. The van der Waals surface area contributed by atoms with Gasteiger partial charge in [-0.15, -0.1) is 0 Å². The van der Waals surface area contributed by atoms with Gasteiger partial charge in [-0.2, -0.15) is 0 Å². The van der Waals surface area contributed by atoms with Crippen LogP contribution in [-0.2, 0) is 13.0 Å². The fourth-order valence-corrected chi connectivity index (χ4v) is 3.23. The summed E-state index contributed by atoms with van der Waals surface area (Å²) < 4.78 is 20.8. The maximum atomic E-state index is 13.0. The van der Waals surface area contributed by atoms with E-state index in [1.54, 1.807) is 24.7 Å². The second-order valence-corrected chi connectivity index (χ2v) is 6.52. The van der Waals surface area contributed by atoms with Crippen molar-refractivity contribution in [3.63, 3.8) is 0 Å². The van der Waals surface area contributed by atoms with Crippen LogP contribution in [0.4, 0.5) is 4.39 Å². The van der Waals surface area contributed by atoms with E-state index in [4.69, 9.17) is 4.74 Å². The summed E-state index contributed by atoms with van der Waals surface area (Å²) in [5, 5.41) is 0. The van der Waals surface area contributed by atoms with Crippen molar-refractivity contribution in [1.82, 2.24) is 9.55 Å². The van der Waals surface area contributed by atoms with Crippen LogP contribution in [0.1, 0.15) is 27.9 Å². The van der Waals surface area contributed by atoms with Gasteiger partial charge in [0.2, 0.25) is 0 Å². The van der Waals surface area contributed by atoms with Crippen molar-refractivity contribution < 1.29 is 13.9 Å². The number of hydrogen-bond acceptors (Lipinski definition) is 3. The molecule has 1 aliphatic rings. The lowest BCUT2D eigenvalue weighted by atomic mass is 9.86. The van der Waals surface area contributed by atoms with E-state index < -0.39 is 0 Å². The molecule has 0 fully saturated rings. The second kappa shape index (κ2) is 7.58. The smallest absolute Gasteiger partial charge is 0.189 e. The number of rotatable bonds is 5. The van der Waals surface area contributed by atoms with Gasteiger partial charge >= 0.3 is 0 Å². The average molecular weight is 362 g/mol. The van der Waals surface area contributed by atoms with Crippen molar-refractivity contribution in [2.75, 3.05) is 6.61 Å². The van der Waals surface area contributed by atoms with Crippen molar-refractivity contribution in [3.05, 3.63) is 89.3 Å². The first-order valence-corrected chi connectivity index (χ1v) is 8.91. The van der Waals surface area contributed by atoms with E-state index in [-0.39, 0.29) is 11.6 Å². The summed E-state index contributed by atoms with van der Waals surface area (Å²) in [6, 6.07) is 11.8. The van der Waals surface area contributed by atoms with Gasteiger partial charge in [-0.25, -0.2) is 9.37 Å². The topological polar surface area (TPSA) is 44.1 Å².